The van der Waals surface area contributed by atoms with Gasteiger partial charge in [-0.15, -0.1) is 0 Å². The van der Waals surface area contributed by atoms with Gasteiger partial charge in [0.2, 0.25) is 0 Å². The van der Waals surface area contributed by atoms with Crippen molar-refractivity contribution in [1.29, 1.82) is 0 Å². The molecule has 2 nitrogen and oxygen atoms in total. The molecule has 0 radical (unpaired) electrons. The monoisotopic (exact) mass is 552 g/mol. The summed E-state index contributed by atoms with van der Waals surface area (Å²) in [7, 11) is -6.87. The second-order valence-corrected chi connectivity index (χ2v) is 41.8. The molecule has 2 unspecified atom stereocenters. The van der Waals surface area contributed by atoms with Gasteiger partial charge in [-0.25, -0.2) is 0 Å². The minimum atomic E-state index is -1.78. The molecule has 2 saturated heterocycles. The van der Waals surface area contributed by atoms with E-state index >= 15 is 0 Å². The van der Waals surface area contributed by atoms with Crippen molar-refractivity contribution in [2.75, 3.05) is 0 Å². The molecule has 2 atom stereocenters. The van der Waals surface area contributed by atoms with Crippen LogP contribution in [-0.4, -0.2) is 42.1 Å². The number of hydrogen-bond acceptors (Lipinski definition) is 2. The third kappa shape index (κ3) is 5.27. The molecule has 2 heterocycles. The minimum Gasteiger partial charge on any atom is -0.415 e. The van der Waals surface area contributed by atoms with Gasteiger partial charge in [0.1, 0.15) is 15.2 Å². The van der Waals surface area contributed by atoms with Crippen molar-refractivity contribution < 1.29 is 8.85 Å². The van der Waals surface area contributed by atoms with E-state index in [2.05, 4.69) is 128 Å². The highest BCUT2D eigenvalue weighted by Gasteiger charge is 2.55. The summed E-state index contributed by atoms with van der Waals surface area (Å²) in [6.45, 7) is 24.1. The van der Waals surface area contributed by atoms with Crippen molar-refractivity contribution >= 4 is 53.4 Å². The summed E-state index contributed by atoms with van der Waals surface area (Å²) in [5, 5.41) is 3.14. The number of benzene rings is 2. The Morgan fingerprint density at radius 1 is 0.611 bits per heavy atom. The summed E-state index contributed by atoms with van der Waals surface area (Å²) in [5.74, 6) is 0. The smallest absolute Gasteiger partial charge is 0.180 e. The van der Waals surface area contributed by atoms with Crippen LogP contribution in [0, 0.1) is 0 Å². The first-order chi connectivity index (χ1) is 16.5. The van der Waals surface area contributed by atoms with Gasteiger partial charge in [-0.2, -0.15) is 0 Å². The molecule has 2 aliphatic rings. The molecule has 6 heteroatoms. The van der Waals surface area contributed by atoms with Crippen molar-refractivity contribution in [3.8, 4) is 0 Å². The first-order valence-corrected chi connectivity index (χ1v) is 27.0. The lowest BCUT2D eigenvalue weighted by Gasteiger charge is -2.51. The fraction of sp³-hybridized carbons (Fsp3) is 0.533. The Bertz CT molecular complexity index is 1060. The van der Waals surface area contributed by atoms with E-state index in [-0.39, 0.29) is 11.2 Å². The van der Waals surface area contributed by atoms with Crippen LogP contribution in [0.5, 0.6) is 0 Å². The van der Waals surface area contributed by atoms with E-state index in [1.165, 1.54) is 36.1 Å². The van der Waals surface area contributed by atoms with Crippen LogP contribution >= 0.6 is 0 Å². The Morgan fingerprint density at radius 3 is 1.31 bits per heavy atom. The molecule has 0 aliphatic carbocycles. The Kier molecular flexibility index (Phi) is 7.24. The zero-order valence-corrected chi connectivity index (χ0v) is 28.4. The lowest BCUT2D eigenvalue weighted by Crippen LogP contribution is -2.71. The molecule has 4 rings (SSSR count). The van der Waals surface area contributed by atoms with Gasteiger partial charge in [0.15, 0.2) is 15.7 Å². The highest BCUT2D eigenvalue weighted by atomic mass is 29.3. The predicted octanol–water partition coefficient (Wildman–Crippen LogP) is 7.39. The topological polar surface area (TPSA) is 18.5 Å². The van der Waals surface area contributed by atoms with Crippen molar-refractivity contribution in [2.45, 2.75) is 103 Å². The van der Waals surface area contributed by atoms with E-state index < -0.39 is 30.9 Å². The van der Waals surface area contributed by atoms with Crippen LogP contribution in [0.15, 0.2) is 48.5 Å². The van der Waals surface area contributed by atoms with Crippen LogP contribution < -0.4 is 10.4 Å². The highest BCUT2D eigenvalue weighted by Crippen LogP contribution is 2.40. The van der Waals surface area contributed by atoms with Crippen molar-refractivity contribution in [2.24, 2.45) is 0 Å². The molecule has 0 amide bonds. The van der Waals surface area contributed by atoms with Gasteiger partial charge in [0, 0.05) is 0 Å². The molecule has 36 heavy (non-hydrogen) atoms. The lowest BCUT2D eigenvalue weighted by atomic mass is 10.1. The maximum Gasteiger partial charge on any atom is 0.180 e. The van der Waals surface area contributed by atoms with Crippen LogP contribution in [-0.2, 0) is 8.85 Å². The first-order valence-electron chi connectivity index (χ1n) is 13.8. The van der Waals surface area contributed by atoms with E-state index in [0.29, 0.717) is 0 Å². The van der Waals surface area contributed by atoms with Crippen molar-refractivity contribution in [3.05, 3.63) is 59.7 Å². The Hall–Kier alpha value is -1.03. The molecule has 0 N–H and O–H groups in total. The molecule has 2 aromatic carbocycles. The van der Waals surface area contributed by atoms with E-state index in [9.17, 15) is 0 Å². The fourth-order valence-corrected chi connectivity index (χ4v) is 29.7. The maximum atomic E-state index is 6.79. The summed E-state index contributed by atoms with van der Waals surface area (Å²) in [5.41, 5.74) is 2.67. The zero-order valence-electron chi connectivity index (χ0n) is 24.4. The van der Waals surface area contributed by atoms with E-state index in [1.54, 1.807) is 10.4 Å². The largest absolute Gasteiger partial charge is 0.415 e. The molecule has 0 saturated carbocycles. The summed E-state index contributed by atoms with van der Waals surface area (Å²) < 4.78 is 13.6. The molecule has 2 aromatic rings. The Labute approximate surface area is 224 Å². The zero-order chi connectivity index (χ0) is 26.6. The third-order valence-electron chi connectivity index (χ3n) is 9.69. The predicted molar refractivity (Wildman–Crippen MR) is 168 cm³/mol. The van der Waals surface area contributed by atoms with Gasteiger partial charge in [0.25, 0.3) is 0 Å². The summed E-state index contributed by atoms with van der Waals surface area (Å²) in [6.07, 6.45) is 6.97. The third-order valence-corrected chi connectivity index (χ3v) is 42.6. The second-order valence-electron chi connectivity index (χ2n) is 14.0. The average Bonchev–Trinajstić information content (AvgIpc) is 2.77. The summed E-state index contributed by atoms with van der Waals surface area (Å²) in [6, 6.07) is 21.4. The second kappa shape index (κ2) is 9.31. The molecule has 2 aliphatic heterocycles. The van der Waals surface area contributed by atoms with Gasteiger partial charge in [-0.05, 0) is 77.9 Å². The average molecular weight is 553 g/mol. The van der Waals surface area contributed by atoms with Crippen molar-refractivity contribution in [3.63, 3.8) is 0 Å². The summed E-state index contributed by atoms with van der Waals surface area (Å²) >= 11 is 0. The van der Waals surface area contributed by atoms with Gasteiger partial charge in [-0.3, -0.25) is 0 Å². The maximum absolute atomic E-state index is 6.79. The van der Waals surface area contributed by atoms with Crippen LogP contribution in [0.25, 0.3) is 12.2 Å². The van der Waals surface area contributed by atoms with Gasteiger partial charge in [-0.1, -0.05) is 96.2 Å². The van der Waals surface area contributed by atoms with Crippen LogP contribution in [0.4, 0.5) is 0 Å². The molecular formula is C30H48O2Si4. The van der Waals surface area contributed by atoms with Gasteiger partial charge < -0.3 is 8.85 Å². The quantitative estimate of drug-likeness (QED) is 0.291. The summed E-state index contributed by atoms with van der Waals surface area (Å²) in [4.78, 5) is 0. The molecule has 0 aromatic heterocycles. The minimum absolute atomic E-state index is 0.0290. The van der Waals surface area contributed by atoms with Crippen molar-refractivity contribution in [1.82, 2.24) is 0 Å². The lowest BCUT2D eigenvalue weighted by molar-refractivity contribution is 0.0931. The van der Waals surface area contributed by atoms with Crippen LogP contribution in [0.2, 0.25) is 51.4 Å². The number of rotatable bonds is 4. The standard InChI is InChI=1S/C30H48O2Si4/c1-29(2)19-21-35(9,33(5,6)31-29)27-15-11-13-25(23-27)17-18-26-14-12-16-28(24-26)36(10)22-20-30(3,4)32-34(36,7)8/h11-18,23-24H,19-22H2,1-10H3. The molecule has 196 valence electrons. The molecule has 0 spiro atoms. The Morgan fingerprint density at radius 2 is 0.972 bits per heavy atom. The SMILES string of the molecule is CC1(C)CC[Si](C)(c2cccc(C=Cc3cccc([Si]4(C)CCC(C)(C)O[Si]4(C)C)c3)c2)[Si](C)(C)O1. The Balaban J connectivity index is 1.59. The van der Waals surface area contributed by atoms with E-state index in [0.717, 1.165) is 0 Å². The van der Waals surface area contributed by atoms with E-state index in [4.69, 9.17) is 8.85 Å². The number of hydrogen-bond donors (Lipinski definition) is 0. The van der Waals surface area contributed by atoms with Crippen LogP contribution in [0.3, 0.4) is 0 Å². The molecule has 2 fully saturated rings. The van der Waals surface area contributed by atoms with E-state index in [1.807, 2.05) is 0 Å². The van der Waals surface area contributed by atoms with Crippen LogP contribution in [0.1, 0.15) is 51.7 Å². The molecule has 0 bridgehead atoms. The normalized spacial score (nSPS) is 30.8. The highest BCUT2D eigenvalue weighted by molar-refractivity contribution is 7.44. The fourth-order valence-electron chi connectivity index (χ4n) is 6.56. The molecular weight excluding hydrogens is 505 g/mol. The first kappa shape index (κ1) is 28.0. The van der Waals surface area contributed by atoms with Gasteiger partial charge >= 0.3 is 0 Å². The van der Waals surface area contributed by atoms with Gasteiger partial charge in [0.05, 0.1) is 11.2 Å².